The summed E-state index contributed by atoms with van der Waals surface area (Å²) in [5.41, 5.74) is 7.34. The fourth-order valence-corrected chi connectivity index (χ4v) is 1.91. The molecule has 102 valence electrons. The summed E-state index contributed by atoms with van der Waals surface area (Å²) in [6.45, 7) is 1.56. The SMILES string of the molecule is COc1ccc(-c2cn(CCCN)cn2)c(OC)c1. The molecule has 0 radical (unpaired) electrons. The first-order valence-electron chi connectivity index (χ1n) is 6.22. The van der Waals surface area contributed by atoms with E-state index in [0.717, 1.165) is 35.7 Å². The average Bonchev–Trinajstić information content (AvgIpc) is 2.92. The third-order valence-corrected chi connectivity index (χ3v) is 2.94. The Balaban J connectivity index is 2.27. The van der Waals surface area contributed by atoms with Gasteiger partial charge in [-0.1, -0.05) is 0 Å². The predicted molar refractivity (Wildman–Crippen MR) is 74.4 cm³/mol. The van der Waals surface area contributed by atoms with Crippen molar-refractivity contribution >= 4 is 0 Å². The molecule has 0 saturated carbocycles. The van der Waals surface area contributed by atoms with Gasteiger partial charge in [-0.05, 0) is 25.1 Å². The first-order chi connectivity index (χ1) is 9.28. The molecule has 0 amide bonds. The minimum absolute atomic E-state index is 0.680. The molecule has 2 N–H and O–H groups in total. The van der Waals surface area contributed by atoms with E-state index in [0.29, 0.717) is 6.54 Å². The predicted octanol–water partition coefficient (Wildman–Crippen LogP) is 1.92. The van der Waals surface area contributed by atoms with Crippen LogP contribution in [0.3, 0.4) is 0 Å². The Morgan fingerprint density at radius 3 is 2.79 bits per heavy atom. The minimum Gasteiger partial charge on any atom is -0.497 e. The Morgan fingerprint density at radius 2 is 2.11 bits per heavy atom. The lowest BCUT2D eigenvalue weighted by atomic mass is 10.1. The third-order valence-electron chi connectivity index (χ3n) is 2.94. The van der Waals surface area contributed by atoms with Crippen molar-refractivity contribution in [3.05, 3.63) is 30.7 Å². The summed E-state index contributed by atoms with van der Waals surface area (Å²) < 4.78 is 12.6. The van der Waals surface area contributed by atoms with Crippen LogP contribution in [0.4, 0.5) is 0 Å². The lowest BCUT2D eigenvalue weighted by Crippen LogP contribution is -2.03. The van der Waals surface area contributed by atoms with Crippen LogP contribution in [0, 0.1) is 0 Å². The number of nitrogens with zero attached hydrogens (tertiary/aromatic N) is 2. The molecule has 1 aromatic heterocycles. The van der Waals surface area contributed by atoms with E-state index in [2.05, 4.69) is 4.98 Å². The molecule has 19 heavy (non-hydrogen) atoms. The second-order valence-electron chi connectivity index (χ2n) is 4.21. The van der Waals surface area contributed by atoms with Crippen molar-refractivity contribution in [1.29, 1.82) is 0 Å². The number of benzene rings is 1. The number of aryl methyl sites for hydroxylation is 1. The van der Waals surface area contributed by atoms with Crippen LogP contribution in [0.5, 0.6) is 11.5 Å². The van der Waals surface area contributed by atoms with E-state index in [1.54, 1.807) is 14.2 Å². The topological polar surface area (TPSA) is 62.3 Å². The van der Waals surface area contributed by atoms with Gasteiger partial charge in [-0.2, -0.15) is 0 Å². The summed E-state index contributed by atoms with van der Waals surface area (Å²) in [7, 11) is 3.28. The van der Waals surface area contributed by atoms with Gasteiger partial charge in [-0.25, -0.2) is 4.98 Å². The van der Waals surface area contributed by atoms with Crippen LogP contribution in [0.2, 0.25) is 0 Å². The lowest BCUT2D eigenvalue weighted by molar-refractivity contribution is 0.395. The second-order valence-corrected chi connectivity index (χ2v) is 4.21. The Bertz CT molecular complexity index is 537. The van der Waals surface area contributed by atoms with Crippen molar-refractivity contribution in [3.63, 3.8) is 0 Å². The number of imidazole rings is 1. The average molecular weight is 261 g/mol. The quantitative estimate of drug-likeness (QED) is 0.863. The Kier molecular flexibility index (Phi) is 4.41. The number of ether oxygens (including phenoxy) is 2. The van der Waals surface area contributed by atoms with Crippen molar-refractivity contribution in [2.24, 2.45) is 5.73 Å². The molecule has 0 aliphatic carbocycles. The van der Waals surface area contributed by atoms with Gasteiger partial charge in [-0.3, -0.25) is 0 Å². The molecule has 0 atom stereocenters. The normalized spacial score (nSPS) is 10.5. The molecule has 0 aliphatic heterocycles. The molecule has 5 heteroatoms. The molecule has 0 saturated heterocycles. The molecule has 0 bridgehead atoms. The minimum atomic E-state index is 0.680. The zero-order valence-electron chi connectivity index (χ0n) is 11.3. The summed E-state index contributed by atoms with van der Waals surface area (Å²) in [5, 5.41) is 0. The Labute approximate surface area is 113 Å². The molecule has 2 rings (SSSR count). The van der Waals surface area contributed by atoms with Crippen LogP contribution in [0.1, 0.15) is 6.42 Å². The van der Waals surface area contributed by atoms with Gasteiger partial charge < -0.3 is 19.8 Å². The number of hydrogen-bond acceptors (Lipinski definition) is 4. The van der Waals surface area contributed by atoms with Crippen LogP contribution < -0.4 is 15.2 Å². The van der Waals surface area contributed by atoms with E-state index in [1.807, 2.05) is 35.3 Å². The second kappa shape index (κ2) is 6.24. The molecule has 1 heterocycles. The fraction of sp³-hybridized carbons (Fsp3) is 0.357. The molecular formula is C14H19N3O2. The van der Waals surface area contributed by atoms with Gasteiger partial charge in [0.25, 0.3) is 0 Å². The lowest BCUT2D eigenvalue weighted by Gasteiger charge is -2.08. The monoisotopic (exact) mass is 261 g/mol. The van der Waals surface area contributed by atoms with E-state index in [9.17, 15) is 0 Å². The standard InChI is InChI=1S/C14H19N3O2/c1-18-11-4-5-12(14(8-11)19-2)13-9-17(10-16-13)7-3-6-15/h4-5,8-10H,3,6-7,15H2,1-2H3. The fourth-order valence-electron chi connectivity index (χ4n) is 1.91. The maximum absolute atomic E-state index is 5.50. The highest BCUT2D eigenvalue weighted by Gasteiger charge is 2.10. The van der Waals surface area contributed by atoms with Gasteiger partial charge >= 0.3 is 0 Å². The molecule has 2 aromatic rings. The van der Waals surface area contributed by atoms with E-state index in [4.69, 9.17) is 15.2 Å². The van der Waals surface area contributed by atoms with Gasteiger partial charge in [-0.15, -0.1) is 0 Å². The van der Waals surface area contributed by atoms with Crippen molar-refractivity contribution in [3.8, 4) is 22.8 Å². The zero-order valence-corrected chi connectivity index (χ0v) is 11.3. The molecule has 1 aromatic carbocycles. The van der Waals surface area contributed by atoms with Crippen LogP contribution in [-0.2, 0) is 6.54 Å². The summed E-state index contributed by atoms with van der Waals surface area (Å²) in [4.78, 5) is 4.40. The largest absolute Gasteiger partial charge is 0.497 e. The number of nitrogens with two attached hydrogens (primary N) is 1. The van der Waals surface area contributed by atoms with E-state index < -0.39 is 0 Å². The zero-order chi connectivity index (χ0) is 13.7. The van der Waals surface area contributed by atoms with Gasteiger partial charge in [0.2, 0.25) is 0 Å². The molecule has 0 fully saturated rings. The van der Waals surface area contributed by atoms with Crippen LogP contribution in [-0.4, -0.2) is 30.3 Å². The van der Waals surface area contributed by atoms with Crippen LogP contribution in [0.25, 0.3) is 11.3 Å². The Morgan fingerprint density at radius 1 is 1.26 bits per heavy atom. The van der Waals surface area contributed by atoms with Gasteiger partial charge in [0.15, 0.2) is 0 Å². The number of aromatic nitrogens is 2. The molecule has 0 unspecified atom stereocenters. The number of methoxy groups -OCH3 is 2. The summed E-state index contributed by atoms with van der Waals surface area (Å²) in [6, 6.07) is 5.71. The van der Waals surface area contributed by atoms with Crippen molar-refractivity contribution in [1.82, 2.24) is 9.55 Å². The maximum Gasteiger partial charge on any atom is 0.132 e. The number of hydrogen-bond donors (Lipinski definition) is 1. The summed E-state index contributed by atoms with van der Waals surface area (Å²) in [6.07, 6.45) is 4.75. The summed E-state index contributed by atoms with van der Waals surface area (Å²) in [5.74, 6) is 1.52. The number of rotatable bonds is 6. The molecule has 0 spiro atoms. The molecular weight excluding hydrogens is 242 g/mol. The Hall–Kier alpha value is -2.01. The van der Waals surface area contributed by atoms with E-state index in [-0.39, 0.29) is 0 Å². The highest BCUT2D eigenvalue weighted by atomic mass is 16.5. The van der Waals surface area contributed by atoms with Crippen molar-refractivity contribution in [2.75, 3.05) is 20.8 Å². The van der Waals surface area contributed by atoms with Gasteiger partial charge in [0.05, 0.1) is 26.2 Å². The smallest absolute Gasteiger partial charge is 0.132 e. The van der Waals surface area contributed by atoms with Crippen molar-refractivity contribution < 1.29 is 9.47 Å². The van der Waals surface area contributed by atoms with E-state index in [1.165, 1.54) is 0 Å². The van der Waals surface area contributed by atoms with Gasteiger partial charge in [0.1, 0.15) is 11.5 Å². The summed E-state index contributed by atoms with van der Waals surface area (Å²) >= 11 is 0. The third kappa shape index (κ3) is 3.06. The van der Waals surface area contributed by atoms with Gasteiger partial charge in [0, 0.05) is 24.4 Å². The highest BCUT2D eigenvalue weighted by Crippen LogP contribution is 2.32. The highest BCUT2D eigenvalue weighted by molar-refractivity contribution is 5.68. The first kappa shape index (κ1) is 13.4. The molecule has 5 nitrogen and oxygen atoms in total. The first-order valence-corrected chi connectivity index (χ1v) is 6.22. The van der Waals surface area contributed by atoms with Crippen LogP contribution >= 0.6 is 0 Å². The van der Waals surface area contributed by atoms with Crippen molar-refractivity contribution in [2.45, 2.75) is 13.0 Å². The maximum atomic E-state index is 5.50. The van der Waals surface area contributed by atoms with E-state index >= 15 is 0 Å². The molecule has 0 aliphatic rings. The van der Waals surface area contributed by atoms with Crippen LogP contribution in [0.15, 0.2) is 30.7 Å².